The Balaban J connectivity index is 2.19. The molecule has 0 aliphatic rings. The number of hydrogen-bond acceptors (Lipinski definition) is 4. The molecule has 16 heavy (non-hydrogen) atoms. The molecule has 5 nitrogen and oxygen atoms in total. The third kappa shape index (κ3) is 4.99. The molecule has 0 spiro atoms. The SMILES string of the molecule is O=C(O)CCCOC(=O)Oc1ccccc1. The molecule has 0 amide bonds. The number of rotatable bonds is 5. The molecule has 0 saturated heterocycles. The van der Waals surface area contributed by atoms with Crippen LogP contribution in [0.2, 0.25) is 0 Å². The Labute approximate surface area is 92.6 Å². The number of carboxylic acids is 1. The molecule has 0 fully saturated rings. The maximum Gasteiger partial charge on any atom is 0.513 e. The van der Waals surface area contributed by atoms with E-state index in [0.717, 1.165) is 0 Å². The molecule has 0 unspecified atom stereocenters. The lowest BCUT2D eigenvalue weighted by molar-refractivity contribution is -0.137. The highest BCUT2D eigenvalue weighted by molar-refractivity contribution is 5.66. The van der Waals surface area contributed by atoms with Crippen molar-refractivity contribution in [1.29, 1.82) is 0 Å². The van der Waals surface area contributed by atoms with Crippen LogP contribution in [0.25, 0.3) is 0 Å². The van der Waals surface area contributed by atoms with Crippen molar-refractivity contribution in [3.63, 3.8) is 0 Å². The highest BCUT2D eigenvalue weighted by Gasteiger charge is 2.05. The van der Waals surface area contributed by atoms with E-state index in [-0.39, 0.29) is 19.4 Å². The number of carbonyl (C=O) groups excluding carboxylic acids is 1. The number of carboxylic acid groups (broad SMARTS) is 1. The van der Waals surface area contributed by atoms with E-state index in [0.29, 0.717) is 5.75 Å². The first-order valence-electron chi connectivity index (χ1n) is 4.80. The van der Waals surface area contributed by atoms with E-state index in [1.165, 1.54) is 0 Å². The lowest BCUT2D eigenvalue weighted by Crippen LogP contribution is -2.12. The first kappa shape index (κ1) is 12.0. The van der Waals surface area contributed by atoms with Gasteiger partial charge in [-0.3, -0.25) is 4.79 Å². The second-order valence-corrected chi connectivity index (χ2v) is 3.01. The number of hydrogen-bond donors (Lipinski definition) is 1. The fraction of sp³-hybridized carbons (Fsp3) is 0.273. The molecule has 0 aromatic heterocycles. The average molecular weight is 224 g/mol. The third-order valence-electron chi connectivity index (χ3n) is 1.70. The minimum Gasteiger partial charge on any atom is -0.481 e. The van der Waals surface area contributed by atoms with Crippen molar-refractivity contribution >= 4 is 12.1 Å². The summed E-state index contributed by atoms with van der Waals surface area (Å²) in [5.74, 6) is -0.522. The second kappa shape index (κ2) is 6.44. The van der Waals surface area contributed by atoms with Crippen molar-refractivity contribution in [1.82, 2.24) is 0 Å². The van der Waals surface area contributed by atoms with Crippen LogP contribution in [-0.2, 0) is 9.53 Å². The molecular formula is C11H12O5. The molecule has 1 rings (SSSR count). The maximum absolute atomic E-state index is 11.1. The molecule has 5 heteroatoms. The van der Waals surface area contributed by atoms with E-state index < -0.39 is 12.1 Å². The Kier molecular flexibility index (Phi) is 4.85. The molecule has 0 radical (unpaired) electrons. The van der Waals surface area contributed by atoms with Gasteiger partial charge in [-0.2, -0.15) is 0 Å². The lowest BCUT2D eigenvalue weighted by atomic mass is 10.3. The van der Waals surface area contributed by atoms with Crippen LogP contribution in [0.1, 0.15) is 12.8 Å². The first-order valence-corrected chi connectivity index (χ1v) is 4.80. The highest BCUT2D eigenvalue weighted by Crippen LogP contribution is 2.09. The highest BCUT2D eigenvalue weighted by atomic mass is 16.7. The van der Waals surface area contributed by atoms with Crippen molar-refractivity contribution in [3.8, 4) is 5.75 Å². The van der Waals surface area contributed by atoms with Crippen LogP contribution in [0.15, 0.2) is 30.3 Å². The zero-order valence-electron chi connectivity index (χ0n) is 8.59. The summed E-state index contributed by atoms with van der Waals surface area (Å²) < 4.78 is 9.48. The normalized spacial score (nSPS) is 9.50. The van der Waals surface area contributed by atoms with Crippen LogP contribution in [0, 0.1) is 0 Å². The van der Waals surface area contributed by atoms with E-state index >= 15 is 0 Å². The third-order valence-corrected chi connectivity index (χ3v) is 1.70. The zero-order valence-corrected chi connectivity index (χ0v) is 8.59. The number of aliphatic carboxylic acids is 1. The largest absolute Gasteiger partial charge is 0.513 e. The van der Waals surface area contributed by atoms with Crippen LogP contribution in [0.4, 0.5) is 4.79 Å². The molecular weight excluding hydrogens is 212 g/mol. The van der Waals surface area contributed by atoms with Crippen LogP contribution in [0.3, 0.4) is 0 Å². The van der Waals surface area contributed by atoms with Gasteiger partial charge in [0.05, 0.1) is 6.61 Å². The summed E-state index contributed by atoms with van der Waals surface area (Å²) in [6.07, 6.45) is -0.575. The summed E-state index contributed by atoms with van der Waals surface area (Å²) in [6, 6.07) is 8.50. The quantitative estimate of drug-likeness (QED) is 0.471. The molecule has 0 bridgehead atoms. The van der Waals surface area contributed by atoms with Crippen molar-refractivity contribution < 1.29 is 24.2 Å². The van der Waals surface area contributed by atoms with Gasteiger partial charge < -0.3 is 14.6 Å². The molecule has 0 aliphatic carbocycles. The van der Waals surface area contributed by atoms with Gasteiger partial charge in [0.15, 0.2) is 0 Å². The molecule has 0 aliphatic heterocycles. The molecule has 86 valence electrons. The Morgan fingerprint density at radius 3 is 2.50 bits per heavy atom. The van der Waals surface area contributed by atoms with E-state index in [1.807, 2.05) is 0 Å². The van der Waals surface area contributed by atoms with Gasteiger partial charge in [0.1, 0.15) is 5.75 Å². The Bertz CT molecular complexity index is 347. The second-order valence-electron chi connectivity index (χ2n) is 3.01. The topological polar surface area (TPSA) is 72.8 Å². The zero-order chi connectivity index (χ0) is 11.8. The fourth-order valence-corrected chi connectivity index (χ4v) is 0.993. The number of para-hydroxylation sites is 1. The number of benzene rings is 1. The van der Waals surface area contributed by atoms with Gasteiger partial charge >= 0.3 is 12.1 Å². The van der Waals surface area contributed by atoms with Gasteiger partial charge in [-0.1, -0.05) is 18.2 Å². The summed E-state index contributed by atoms with van der Waals surface area (Å²) in [5, 5.41) is 8.34. The Morgan fingerprint density at radius 1 is 1.19 bits per heavy atom. The summed E-state index contributed by atoms with van der Waals surface area (Å²) in [6.45, 7) is 0.0396. The van der Waals surface area contributed by atoms with Gasteiger partial charge in [-0.25, -0.2) is 4.79 Å². The molecule has 1 aromatic carbocycles. The summed E-state index contributed by atoms with van der Waals surface area (Å²) >= 11 is 0. The number of carbonyl (C=O) groups is 2. The maximum atomic E-state index is 11.1. The minimum absolute atomic E-state index is 0.0291. The Hall–Kier alpha value is -2.04. The van der Waals surface area contributed by atoms with Crippen LogP contribution >= 0.6 is 0 Å². The average Bonchev–Trinajstić information content (AvgIpc) is 2.25. The van der Waals surface area contributed by atoms with Gasteiger partial charge in [0.25, 0.3) is 0 Å². The summed E-state index contributed by atoms with van der Waals surface area (Å²) in [4.78, 5) is 21.2. The van der Waals surface area contributed by atoms with Crippen LogP contribution in [0.5, 0.6) is 5.75 Å². The molecule has 0 atom stereocenters. The molecule has 1 N–H and O–H groups in total. The number of ether oxygens (including phenoxy) is 2. The van der Waals surface area contributed by atoms with Gasteiger partial charge in [-0.05, 0) is 18.6 Å². The molecule has 0 heterocycles. The predicted molar refractivity (Wildman–Crippen MR) is 55.3 cm³/mol. The van der Waals surface area contributed by atoms with Gasteiger partial charge in [0.2, 0.25) is 0 Å². The van der Waals surface area contributed by atoms with Crippen molar-refractivity contribution in [3.05, 3.63) is 30.3 Å². The molecule has 1 aromatic rings. The van der Waals surface area contributed by atoms with Crippen molar-refractivity contribution in [2.75, 3.05) is 6.61 Å². The molecule has 0 saturated carbocycles. The summed E-state index contributed by atoms with van der Waals surface area (Å²) in [7, 11) is 0. The van der Waals surface area contributed by atoms with Gasteiger partial charge in [0, 0.05) is 6.42 Å². The van der Waals surface area contributed by atoms with Crippen molar-refractivity contribution in [2.24, 2.45) is 0 Å². The summed E-state index contributed by atoms with van der Waals surface area (Å²) in [5.41, 5.74) is 0. The Morgan fingerprint density at radius 2 is 1.88 bits per heavy atom. The van der Waals surface area contributed by atoms with Crippen molar-refractivity contribution in [2.45, 2.75) is 12.8 Å². The van der Waals surface area contributed by atoms with E-state index in [1.54, 1.807) is 30.3 Å². The smallest absolute Gasteiger partial charge is 0.481 e. The van der Waals surface area contributed by atoms with Crippen LogP contribution in [-0.4, -0.2) is 23.8 Å². The predicted octanol–water partition coefficient (Wildman–Crippen LogP) is 2.07. The standard InChI is InChI=1S/C11H12O5/c12-10(13)7-4-8-15-11(14)16-9-5-2-1-3-6-9/h1-3,5-6H,4,7-8H2,(H,12,13). The first-order chi connectivity index (χ1) is 7.68. The fourth-order valence-electron chi connectivity index (χ4n) is 0.993. The monoisotopic (exact) mass is 224 g/mol. The van der Waals surface area contributed by atoms with E-state index in [2.05, 4.69) is 4.74 Å². The minimum atomic E-state index is -0.917. The van der Waals surface area contributed by atoms with E-state index in [4.69, 9.17) is 9.84 Å². The van der Waals surface area contributed by atoms with E-state index in [9.17, 15) is 9.59 Å². The lowest BCUT2D eigenvalue weighted by Gasteiger charge is -2.04. The van der Waals surface area contributed by atoms with Crippen LogP contribution < -0.4 is 4.74 Å². The van der Waals surface area contributed by atoms with Gasteiger partial charge in [-0.15, -0.1) is 0 Å².